The summed E-state index contributed by atoms with van der Waals surface area (Å²) in [6.45, 7) is 0. The Hall–Kier alpha value is -3.73. The molecule has 27 heavy (non-hydrogen) atoms. The van der Waals surface area contributed by atoms with Crippen LogP contribution in [-0.2, 0) is 0 Å². The molecule has 0 amide bonds. The monoisotopic (exact) mass is 358 g/mol. The number of nitrogen functional groups attached to an aromatic ring is 1. The maximum absolute atomic E-state index is 14.2. The summed E-state index contributed by atoms with van der Waals surface area (Å²) in [6, 6.07) is 21.6. The summed E-state index contributed by atoms with van der Waals surface area (Å²) >= 11 is 0. The Morgan fingerprint density at radius 2 is 1.48 bits per heavy atom. The van der Waals surface area contributed by atoms with Crippen LogP contribution in [0.5, 0.6) is 0 Å². The maximum Gasteiger partial charge on any atom is 0.338 e. The Labute approximate surface area is 154 Å². The molecule has 0 spiro atoms. The average Bonchev–Trinajstić information content (AvgIpc) is 2.69. The standard InChI is InChI=1S/C22H15FN2O2/c23-16-7-4-8-17-18(16)19(22(26)27)20(24)21(25-17)15-11-9-14(10-12-15)13-5-2-1-3-6-13/h1-12H,24H2,(H,26,27). The highest BCUT2D eigenvalue weighted by Gasteiger charge is 2.21. The van der Waals surface area contributed by atoms with Crippen LogP contribution in [0.2, 0.25) is 0 Å². The third-order valence-corrected chi connectivity index (χ3v) is 4.48. The van der Waals surface area contributed by atoms with Crippen molar-refractivity contribution in [2.24, 2.45) is 0 Å². The molecular formula is C22H15FN2O2. The first-order valence-electron chi connectivity index (χ1n) is 8.33. The fourth-order valence-electron chi connectivity index (χ4n) is 3.18. The molecule has 0 saturated heterocycles. The van der Waals surface area contributed by atoms with E-state index in [1.54, 1.807) is 6.07 Å². The molecule has 1 aromatic heterocycles. The molecule has 0 fully saturated rings. The van der Waals surface area contributed by atoms with Gasteiger partial charge in [-0.3, -0.25) is 0 Å². The Balaban J connectivity index is 1.89. The van der Waals surface area contributed by atoms with Crippen molar-refractivity contribution in [1.29, 1.82) is 0 Å². The Kier molecular flexibility index (Phi) is 4.05. The predicted molar refractivity (Wildman–Crippen MR) is 104 cm³/mol. The molecule has 4 nitrogen and oxygen atoms in total. The summed E-state index contributed by atoms with van der Waals surface area (Å²) < 4.78 is 14.2. The van der Waals surface area contributed by atoms with Crippen molar-refractivity contribution in [1.82, 2.24) is 4.98 Å². The molecule has 0 atom stereocenters. The van der Waals surface area contributed by atoms with Crippen LogP contribution in [0.4, 0.5) is 10.1 Å². The van der Waals surface area contributed by atoms with E-state index in [1.165, 1.54) is 12.1 Å². The highest BCUT2D eigenvalue weighted by Crippen LogP contribution is 2.34. The van der Waals surface area contributed by atoms with E-state index in [2.05, 4.69) is 4.98 Å². The van der Waals surface area contributed by atoms with Gasteiger partial charge in [0.05, 0.1) is 27.8 Å². The molecule has 0 aliphatic rings. The second-order valence-corrected chi connectivity index (χ2v) is 6.13. The number of fused-ring (bicyclic) bond motifs is 1. The molecule has 0 aliphatic carbocycles. The van der Waals surface area contributed by atoms with Gasteiger partial charge in [0.2, 0.25) is 0 Å². The Morgan fingerprint density at radius 3 is 2.15 bits per heavy atom. The Morgan fingerprint density at radius 1 is 0.852 bits per heavy atom. The van der Waals surface area contributed by atoms with E-state index in [4.69, 9.17) is 5.73 Å². The molecule has 0 radical (unpaired) electrons. The second kappa shape index (κ2) is 6.53. The molecule has 0 unspecified atom stereocenters. The molecule has 4 aromatic rings. The van der Waals surface area contributed by atoms with Crippen molar-refractivity contribution in [3.05, 3.63) is 84.2 Å². The van der Waals surface area contributed by atoms with Gasteiger partial charge in [-0.05, 0) is 23.3 Å². The lowest BCUT2D eigenvalue weighted by atomic mass is 9.99. The quantitative estimate of drug-likeness (QED) is 0.541. The van der Waals surface area contributed by atoms with Crippen LogP contribution in [0.1, 0.15) is 10.4 Å². The summed E-state index contributed by atoms with van der Waals surface area (Å²) in [5.74, 6) is -1.94. The third kappa shape index (κ3) is 2.89. The molecule has 0 bridgehead atoms. The van der Waals surface area contributed by atoms with Crippen LogP contribution in [0.3, 0.4) is 0 Å². The summed E-state index contributed by atoms with van der Waals surface area (Å²) in [4.78, 5) is 16.2. The van der Waals surface area contributed by atoms with Crippen LogP contribution in [0, 0.1) is 5.82 Å². The van der Waals surface area contributed by atoms with Gasteiger partial charge in [-0.2, -0.15) is 0 Å². The van der Waals surface area contributed by atoms with Gasteiger partial charge in [0.1, 0.15) is 5.82 Å². The lowest BCUT2D eigenvalue weighted by Gasteiger charge is -2.12. The maximum atomic E-state index is 14.2. The Bertz CT molecular complexity index is 1160. The molecule has 3 aromatic carbocycles. The van der Waals surface area contributed by atoms with Gasteiger partial charge in [0, 0.05) is 5.56 Å². The van der Waals surface area contributed by atoms with Crippen molar-refractivity contribution in [3.8, 4) is 22.4 Å². The van der Waals surface area contributed by atoms with E-state index in [0.717, 1.165) is 11.1 Å². The van der Waals surface area contributed by atoms with Crippen molar-refractivity contribution in [3.63, 3.8) is 0 Å². The number of nitrogens with two attached hydrogens (primary N) is 1. The van der Waals surface area contributed by atoms with E-state index in [-0.39, 0.29) is 22.2 Å². The number of aromatic nitrogens is 1. The van der Waals surface area contributed by atoms with Crippen molar-refractivity contribution in [2.75, 3.05) is 5.73 Å². The number of carboxylic acid groups (broad SMARTS) is 1. The first-order valence-corrected chi connectivity index (χ1v) is 8.33. The molecule has 5 heteroatoms. The van der Waals surface area contributed by atoms with Gasteiger partial charge in [-0.15, -0.1) is 0 Å². The number of hydrogen-bond acceptors (Lipinski definition) is 3. The molecule has 1 heterocycles. The fraction of sp³-hybridized carbons (Fsp3) is 0. The summed E-state index contributed by atoms with van der Waals surface area (Å²) in [5.41, 5.74) is 9.11. The summed E-state index contributed by atoms with van der Waals surface area (Å²) in [7, 11) is 0. The number of rotatable bonds is 3. The minimum atomic E-state index is -1.29. The zero-order chi connectivity index (χ0) is 19.0. The number of aromatic carboxylic acids is 1. The number of benzene rings is 3. The van der Waals surface area contributed by atoms with Gasteiger partial charge < -0.3 is 10.8 Å². The third-order valence-electron chi connectivity index (χ3n) is 4.48. The zero-order valence-corrected chi connectivity index (χ0v) is 14.2. The van der Waals surface area contributed by atoms with Gasteiger partial charge >= 0.3 is 5.97 Å². The van der Waals surface area contributed by atoms with Gasteiger partial charge in [0.15, 0.2) is 0 Å². The van der Waals surface area contributed by atoms with Crippen molar-refractivity contribution in [2.45, 2.75) is 0 Å². The fourth-order valence-corrected chi connectivity index (χ4v) is 3.18. The van der Waals surface area contributed by atoms with Crippen LogP contribution in [0.25, 0.3) is 33.3 Å². The number of halogens is 1. The molecule has 0 aliphatic heterocycles. The smallest absolute Gasteiger partial charge is 0.338 e. The minimum absolute atomic E-state index is 0.0486. The molecule has 3 N–H and O–H groups in total. The summed E-state index contributed by atoms with van der Waals surface area (Å²) in [5, 5.41) is 9.50. The van der Waals surface area contributed by atoms with Crippen molar-refractivity contribution >= 4 is 22.6 Å². The van der Waals surface area contributed by atoms with E-state index in [9.17, 15) is 14.3 Å². The number of pyridine rings is 1. The largest absolute Gasteiger partial charge is 0.478 e. The topological polar surface area (TPSA) is 76.2 Å². The number of carboxylic acids is 1. The number of nitrogens with zero attached hydrogens (tertiary/aromatic N) is 1. The molecule has 0 saturated carbocycles. The number of anilines is 1. The SMILES string of the molecule is Nc1c(-c2ccc(-c3ccccc3)cc2)nc2cccc(F)c2c1C(=O)O. The summed E-state index contributed by atoms with van der Waals surface area (Å²) in [6.07, 6.45) is 0. The van der Waals surface area contributed by atoms with Gasteiger partial charge in [-0.1, -0.05) is 60.7 Å². The van der Waals surface area contributed by atoms with Crippen LogP contribution >= 0.6 is 0 Å². The van der Waals surface area contributed by atoms with E-state index in [1.807, 2.05) is 54.6 Å². The minimum Gasteiger partial charge on any atom is -0.478 e. The second-order valence-electron chi connectivity index (χ2n) is 6.13. The highest BCUT2D eigenvalue weighted by molar-refractivity contribution is 6.10. The average molecular weight is 358 g/mol. The lowest BCUT2D eigenvalue weighted by molar-refractivity contribution is 0.0700. The van der Waals surface area contributed by atoms with Crippen LogP contribution in [0.15, 0.2) is 72.8 Å². The zero-order valence-electron chi connectivity index (χ0n) is 14.2. The molecule has 4 rings (SSSR count). The highest BCUT2D eigenvalue weighted by atomic mass is 19.1. The van der Waals surface area contributed by atoms with E-state index >= 15 is 0 Å². The van der Waals surface area contributed by atoms with Crippen LogP contribution in [-0.4, -0.2) is 16.1 Å². The lowest BCUT2D eigenvalue weighted by Crippen LogP contribution is -2.08. The first-order chi connectivity index (χ1) is 13.1. The number of hydrogen-bond donors (Lipinski definition) is 2. The van der Waals surface area contributed by atoms with Gasteiger partial charge in [-0.25, -0.2) is 14.2 Å². The first kappa shape index (κ1) is 16.7. The molecular weight excluding hydrogens is 343 g/mol. The normalized spacial score (nSPS) is 10.9. The number of carbonyl (C=O) groups is 1. The molecule has 132 valence electrons. The predicted octanol–water partition coefficient (Wildman–Crippen LogP) is 4.99. The van der Waals surface area contributed by atoms with E-state index in [0.29, 0.717) is 11.3 Å². The van der Waals surface area contributed by atoms with Crippen molar-refractivity contribution < 1.29 is 14.3 Å². The van der Waals surface area contributed by atoms with E-state index < -0.39 is 11.8 Å². The van der Waals surface area contributed by atoms with Gasteiger partial charge in [0.25, 0.3) is 0 Å². The van der Waals surface area contributed by atoms with Crippen LogP contribution < -0.4 is 5.73 Å².